The van der Waals surface area contributed by atoms with Crippen LogP contribution in [-0.2, 0) is 0 Å². The van der Waals surface area contributed by atoms with Gasteiger partial charge in [-0.3, -0.25) is 0 Å². The van der Waals surface area contributed by atoms with Gasteiger partial charge in [-0.25, -0.2) is 0 Å². The molecule has 0 fully saturated rings. The van der Waals surface area contributed by atoms with Gasteiger partial charge in [0.1, 0.15) is 0 Å². The van der Waals surface area contributed by atoms with Crippen LogP contribution in [0.5, 0.6) is 0 Å². The maximum Gasteiger partial charge on any atom is 0.0537 e. The van der Waals surface area contributed by atoms with Gasteiger partial charge in [0.15, 0.2) is 0 Å². The highest BCUT2D eigenvalue weighted by molar-refractivity contribution is 5.94. The first-order chi connectivity index (χ1) is 27.8. The first-order valence-electron chi connectivity index (χ1n) is 19.5. The molecule has 0 unspecified atom stereocenters. The molecule has 1 atom stereocenters. The van der Waals surface area contributed by atoms with Gasteiger partial charge in [-0.05, 0) is 93.9 Å². The SMILES string of the molecule is C1=CC(c2ccccc2)=C2[C@@H](C1)c1ccccc1N2c1ccccc1-c1ccc(-c2ccc(N(c3ccccc3)c3ccc(-c4ccccc4)cc3)cc2)cc1. The van der Waals surface area contributed by atoms with Gasteiger partial charge in [-0.15, -0.1) is 0 Å². The van der Waals surface area contributed by atoms with Crippen molar-refractivity contribution >= 4 is 34.0 Å². The zero-order valence-corrected chi connectivity index (χ0v) is 31.0. The van der Waals surface area contributed by atoms with Crippen molar-refractivity contribution in [2.45, 2.75) is 12.3 Å². The van der Waals surface area contributed by atoms with Gasteiger partial charge < -0.3 is 9.80 Å². The van der Waals surface area contributed by atoms with Crippen LogP contribution in [0.1, 0.15) is 23.5 Å². The number of allylic oxidation sites excluding steroid dienone is 4. The van der Waals surface area contributed by atoms with Crippen molar-refractivity contribution in [2.24, 2.45) is 0 Å². The molecular weight excluding hydrogens is 677 g/mol. The van der Waals surface area contributed by atoms with Crippen LogP contribution in [0.2, 0.25) is 0 Å². The van der Waals surface area contributed by atoms with Gasteiger partial charge in [0.05, 0.1) is 5.69 Å². The van der Waals surface area contributed by atoms with Crippen molar-refractivity contribution in [3.05, 3.63) is 241 Å². The molecule has 0 bridgehead atoms. The summed E-state index contributed by atoms with van der Waals surface area (Å²) in [7, 11) is 0. The standard InChI is InChI=1S/C54H40N2/c1-4-15-39(16-5-1)41-31-35-46(36-32-41)55(45-19-8-3-9-20-45)47-37-33-42(34-38-47)40-27-29-44(30-28-40)48-21-10-12-25-52(48)56-53-26-13-11-22-50(53)51-24-14-23-49(54(51)56)43-17-6-2-7-18-43/h1-23,25-38,51H,24H2/t51-/m0/s1. The molecule has 56 heavy (non-hydrogen) atoms. The van der Waals surface area contributed by atoms with E-state index in [0.29, 0.717) is 5.92 Å². The summed E-state index contributed by atoms with van der Waals surface area (Å²) in [6.07, 6.45) is 5.66. The Balaban J connectivity index is 0.976. The van der Waals surface area contributed by atoms with Crippen molar-refractivity contribution in [2.75, 3.05) is 9.80 Å². The molecule has 0 spiro atoms. The van der Waals surface area contributed by atoms with Gasteiger partial charge in [-0.1, -0.05) is 176 Å². The summed E-state index contributed by atoms with van der Waals surface area (Å²) in [6.45, 7) is 0. The molecule has 2 heteroatoms. The van der Waals surface area contributed by atoms with E-state index in [-0.39, 0.29) is 0 Å². The Bertz CT molecular complexity index is 2680. The van der Waals surface area contributed by atoms with Crippen LogP contribution >= 0.6 is 0 Å². The summed E-state index contributed by atoms with van der Waals surface area (Å²) in [5.74, 6) is 0.316. The molecule has 8 aromatic rings. The van der Waals surface area contributed by atoms with Gasteiger partial charge in [0.25, 0.3) is 0 Å². The lowest BCUT2D eigenvalue weighted by Crippen LogP contribution is -2.17. The second kappa shape index (κ2) is 14.6. The predicted molar refractivity (Wildman–Crippen MR) is 236 cm³/mol. The van der Waals surface area contributed by atoms with Crippen LogP contribution in [-0.4, -0.2) is 0 Å². The highest BCUT2D eigenvalue weighted by Crippen LogP contribution is 2.55. The van der Waals surface area contributed by atoms with Crippen LogP contribution in [0.25, 0.3) is 39.0 Å². The molecule has 0 aromatic heterocycles. The average molecular weight is 717 g/mol. The second-order valence-corrected chi connectivity index (χ2v) is 14.5. The van der Waals surface area contributed by atoms with E-state index < -0.39 is 0 Å². The minimum Gasteiger partial charge on any atom is -0.312 e. The Labute approximate surface area is 329 Å². The molecule has 0 saturated carbocycles. The Kier molecular flexibility index (Phi) is 8.70. The highest BCUT2D eigenvalue weighted by atomic mass is 15.2. The third kappa shape index (κ3) is 6.12. The van der Waals surface area contributed by atoms with E-state index in [4.69, 9.17) is 0 Å². The molecule has 0 amide bonds. The number of hydrogen-bond donors (Lipinski definition) is 0. The highest BCUT2D eigenvalue weighted by Gasteiger charge is 2.38. The molecule has 8 aromatic carbocycles. The quantitative estimate of drug-likeness (QED) is 0.154. The Morgan fingerprint density at radius 2 is 0.821 bits per heavy atom. The van der Waals surface area contributed by atoms with Crippen molar-refractivity contribution in [3.8, 4) is 33.4 Å². The number of benzene rings is 8. The van der Waals surface area contributed by atoms with Gasteiger partial charge in [-0.2, -0.15) is 0 Å². The summed E-state index contributed by atoms with van der Waals surface area (Å²) in [5, 5.41) is 0. The van der Waals surface area contributed by atoms with E-state index in [2.05, 4.69) is 234 Å². The first kappa shape index (κ1) is 33.4. The van der Waals surface area contributed by atoms with Crippen molar-refractivity contribution < 1.29 is 0 Å². The van der Waals surface area contributed by atoms with Crippen LogP contribution in [0.15, 0.2) is 230 Å². The van der Waals surface area contributed by atoms with Gasteiger partial charge in [0.2, 0.25) is 0 Å². The van der Waals surface area contributed by atoms with Crippen LogP contribution in [0.4, 0.5) is 28.4 Å². The van der Waals surface area contributed by atoms with Gasteiger partial charge >= 0.3 is 0 Å². The minimum atomic E-state index is 0.316. The summed E-state index contributed by atoms with van der Waals surface area (Å²) >= 11 is 0. The number of anilines is 5. The molecule has 10 rings (SSSR count). The van der Waals surface area contributed by atoms with Gasteiger partial charge in [0, 0.05) is 45.5 Å². The lowest BCUT2D eigenvalue weighted by atomic mass is 9.86. The smallest absolute Gasteiger partial charge is 0.0537 e. The zero-order chi connectivity index (χ0) is 37.3. The molecule has 1 aliphatic carbocycles. The van der Waals surface area contributed by atoms with Crippen molar-refractivity contribution in [3.63, 3.8) is 0 Å². The number of rotatable bonds is 8. The lowest BCUT2D eigenvalue weighted by Gasteiger charge is -2.29. The lowest BCUT2D eigenvalue weighted by molar-refractivity contribution is 0.824. The maximum atomic E-state index is 2.53. The largest absolute Gasteiger partial charge is 0.312 e. The summed E-state index contributed by atoms with van der Waals surface area (Å²) in [5.41, 5.74) is 18.3. The third-order valence-electron chi connectivity index (χ3n) is 11.2. The van der Waals surface area contributed by atoms with Crippen molar-refractivity contribution in [1.82, 2.24) is 0 Å². The average Bonchev–Trinajstić information content (AvgIpc) is 3.62. The summed E-state index contributed by atoms with van der Waals surface area (Å²) < 4.78 is 0. The van der Waals surface area contributed by atoms with Crippen LogP contribution in [0, 0.1) is 0 Å². The predicted octanol–water partition coefficient (Wildman–Crippen LogP) is 14.8. The molecular formula is C54H40N2. The molecule has 0 radical (unpaired) electrons. The summed E-state index contributed by atoms with van der Waals surface area (Å²) in [6, 6.07) is 76.7. The zero-order valence-electron chi connectivity index (χ0n) is 31.0. The molecule has 1 aliphatic heterocycles. The number of fused-ring (bicyclic) bond motifs is 3. The molecule has 2 aliphatic rings. The molecule has 2 nitrogen and oxygen atoms in total. The van der Waals surface area contributed by atoms with E-state index >= 15 is 0 Å². The van der Waals surface area contributed by atoms with E-state index in [1.807, 2.05) is 0 Å². The normalized spacial score (nSPS) is 14.4. The minimum absolute atomic E-state index is 0.316. The maximum absolute atomic E-state index is 2.53. The van der Waals surface area contributed by atoms with Crippen LogP contribution < -0.4 is 9.80 Å². The fourth-order valence-electron chi connectivity index (χ4n) is 8.51. The van der Waals surface area contributed by atoms with E-state index in [1.54, 1.807) is 0 Å². The molecule has 266 valence electrons. The van der Waals surface area contributed by atoms with E-state index in [9.17, 15) is 0 Å². The Morgan fingerprint density at radius 3 is 1.45 bits per heavy atom. The third-order valence-corrected chi connectivity index (χ3v) is 11.2. The number of hydrogen-bond acceptors (Lipinski definition) is 2. The Hall–Kier alpha value is -7.16. The van der Waals surface area contributed by atoms with Crippen molar-refractivity contribution in [1.29, 1.82) is 0 Å². The fraction of sp³-hybridized carbons (Fsp3) is 0.0370. The molecule has 0 N–H and O–H groups in total. The van der Waals surface area contributed by atoms with E-state index in [0.717, 1.165) is 23.5 Å². The first-order valence-corrected chi connectivity index (χ1v) is 19.5. The van der Waals surface area contributed by atoms with Crippen LogP contribution in [0.3, 0.4) is 0 Å². The number of nitrogens with zero attached hydrogens (tertiary/aromatic N) is 2. The monoisotopic (exact) mass is 716 g/mol. The Morgan fingerprint density at radius 1 is 0.375 bits per heavy atom. The molecule has 0 saturated heterocycles. The molecule has 1 heterocycles. The number of para-hydroxylation sites is 3. The summed E-state index contributed by atoms with van der Waals surface area (Å²) in [4.78, 5) is 4.85. The fourth-order valence-corrected chi connectivity index (χ4v) is 8.51. The van der Waals surface area contributed by atoms with E-state index in [1.165, 1.54) is 67.2 Å². The second-order valence-electron chi connectivity index (χ2n) is 14.5. The topological polar surface area (TPSA) is 6.48 Å².